The summed E-state index contributed by atoms with van der Waals surface area (Å²) in [5.74, 6) is 3.98. The Morgan fingerprint density at radius 3 is 2.21 bits per heavy atom. The molecule has 0 saturated heterocycles. The van der Waals surface area contributed by atoms with Gasteiger partial charge in [-0.05, 0) is 36.0 Å². The molecular weight excluding hydrogens is 228 g/mol. The number of rotatable bonds is 6. The largest absolute Gasteiger partial charge is 0.0877 e. The molecule has 0 heterocycles. The molecule has 0 amide bonds. The third-order valence-corrected chi connectivity index (χ3v) is 4.91. The van der Waals surface area contributed by atoms with Gasteiger partial charge in [-0.3, -0.25) is 0 Å². The minimum atomic E-state index is 0.682. The van der Waals surface area contributed by atoms with Crippen LogP contribution in [-0.4, -0.2) is 0 Å². The zero-order valence-corrected chi connectivity index (χ0v) is 13.7. The maximum absolute atomic E-state index is 2.52. The summed E-state index contributed by atoms with van der Waals surface area (Å²) in [5, 5.41) is 0. The van der Waals surface area contributed by atoms with Crippen molar-refractivity contribution in [2.45, 2.75) is 66.7 Å². The maximum atomic E-state index is 2.52. The molecule has 0 N–H and O–H groups in total. The quantitative estimate of drug-likeness (QED) is 0.497. The van der Waals surface area contributed by atoms with Crippen LogP contribution in [0.15, 0.2) is 24.3 Å². The van der Waals surface area contributed by atoms with Gasteiger partial charge in [0.2, 0.25) is 0 Å². The lowest BCUT2D eigenvalue weighted by Gasteiger charge is -2.32. The number of hydrogen-bond donors (Lipinski definition) is 0. The molecule has 1 aliphatic carbocycles. The summed E-state index contributed by atoms with van der Waals surface area (Å²) in [6.45, 7) is 11.7. The molecule has 1 saturated carbocycles. The fourth-order valence-electron chi connectivity index (χ4n) is 3.15. The van der Waals surface area contributed by atoms with E-state index in [9.17, 15) is 0 Å². The molecule has 0 radical (unpaired) electrons. The Kier molecular flexibility index (Phi) is 7.49. The average molecular weight is 262 g/mol. The van der Waals surface area contributed by atoms with Crippen LogP contribution in [0.3, 0.4) is 0 Å². The topological polar surface area (TPSA) is 0 Å². The smallest absolute Gasteiger partial charge is 0.0182 e. The van der Waals surface area contributed by atoms with Crippen LogP contribution in [0.25, 0.3) is 0 Å². The van der Waals surface area contributed by atoms with Crippen molar-refractivity contribution in [3.05, 3.63) is 24.3 Å². The SMILES string of the molecule is CCC(C)/C=C/CC(C)/C=C/C1C(C)CCCC1C. The van der Waals surface area contributed by atoms with Crippen LogP contribution in [0.1, 0.15) is 66.7 Å². The van der Waals surface area contributed by atoms with Crippen molar-refractivity contribution in [3.63, 3.8) is 0 Å². The fraction of sp³-hybridized carbons (Fsp3) is 0.789. The summed E-state index contributed by atoms with van der Waals surface area (Å²) in [6.07, 6.45) is 16.4. The van der Waals surface area contributed by atoms with E-state index in [1.165, 1.54) is 32.1 Å². The van der Waals surface area contributed by atoms with E-state index in [4.69, 9.17) is 0 Å². The van der Waals surface area contributed by atoms with Gasteiger partial charge in [0.1, 0.15) is 0 Å². The second kappa shape index (κ2) is 8.61. The second-order valence-corrected chi connectivity index (χ2v) is 6.87. The summed E-state index contributed by atoms with van der Waals surface area (Å²) in [5.41, 5.74) is 0. The molecule has 0 bridgehead atoms. The molecule has 4 atom stereocenters. The molecule has 0 aromatic heterocycles. The first-order chi connectivity index (χ1) is 9.04. The Balaban J connectivity index is 2.39. The van der Waals surface area contributed by atoms with E-state index in [2.05, 4.69) is 58.9 Å². The van der Waals surface area contributed by atoms with Crippen molar-refractivity contribution in [3.8, 4) is 0 Å². The van der Waals surface area contributed by atoms with Crippen molar-refractivity contribution in [1.82, 2.24) is 0 Å². The first kappa shape index (κ1) is 16.5. The minimum Gasteiger partial charge on any atom is -0.0877 e. The van der Waals surface area contributed by atoms with Gasteiger partial charge in [0.25, 0.3) is 0 Å². The predicted octanol–water partition coefficient (Wildman–Crippen LogP) is 6.24. The normalized spacial score (nSPS) is 31.9. The van der Waals surface area contributed by atoms with Gasteiger partial charge >= 0.3 is 0 Å². The van der Waals surface area contributed by atoms with Gasteiger partial charge in [0.15, 0.2) is 0 Å². The van der Waals surface area contributed by atoms with Crippen LogP contribution in [0.5, 0.6) is 0 Å². The predicted molar refractivity (Wildman–Crippen MR) is 87.2 cm³/mol. The van der Waals surface area contributed by atoms with Crippen molar-refractivity contribution in [2.24, 2.45) is 29.6 Å². The summed E-state index contributed by atoms with van der Waals surface area (Å²) in [7, 11) is 0. The average Bonchev–Trinajstić information content (AvgIpc) is 2.38. The van der Waals surface area contributed by atoms with Crippen molar-refractivity contribution in [1.29, 1.82) is 0 Å². The highest BCUT2D eigenvalue weighted by molar-refractivity contribution is 4.99. The molecule has 0 aromatic rings. The van der Waals surface area contributed by atoms with E-state index in [1.807, 2.05) is 0 Å². The highest BCUT2D eigenvalue weighted by Gasteiger charge is 2.25. The molecule has 1 aliphatic rings. The Morgan fingerprint density at radius 1 is 1.00 bits per heavy atom. The summed E-state index contributed by atoms with van der Waals surface area (Å²) in [4.78, 5) is 0. The Labute approximate surface area is 121 Å². The maximum Gasteiger partial charge on any atom is -0.0182 e. The lowest BCUT2D eigenvalue weighted by molar-refractivity contribution is 0.224. The van der Waals surface area contributed by atoms with Gasteiger partial charge in [-0.25, -0.2) is 0 Å². The Morgan fingerprint density at radius 2 is 1.63 bits per heavy atom. The Hall–Kier alpha value is -0.520. The van der Waals surface area contributed by atoms with Gasteiger partial charge in [-0.15, -0.1) is 0 Å². The van der Waals surface area contributed by atoms with Gasteiger partial charge < -0.3 is 0 Å². The molecule has 19 heavy (non-hydrogen) atoms. The van der Waals surface area contributed by atoms with E-state index in [0.29, 0.717) is 5.92 Å². The highest BCUT2D eigenvalue weighted by Crippen LogP contribution is 2.35. The van der Waals surface area contributed by atoms with Crippen LogP contribution in [0.2, 0.25) is 0 Å². The first-order valence-corrected chi connectivity index (χ1v) is 8.39. The van der Waals surface area contributed by atoms with E-state index in [1.54, 1.807) is 0 Å². The van der Waals surface area contributed by atoms with Crippen LogP contribution in [0, 0.1) is 29.6 Å². The highest BCUT2D eigenvalue weighted by atomic mass is 14.3. The van der Waals surface area contributed by atoms with Gasteiger partial charge in [0, 0.05) is 0 Å². The Bertz CT molecular complexity index is 276. The fourth-order valence-corrected chi connectivity index (χ4v) is 3.15. The molecule has 0 aromatic carbocycles. The lowest BCUT2D eigenvalue weighted by Crippen LogP contribution is -2.22. The van der Waals surface area contributed by atoms with Crippen LogP contribution in [0.4, 0.5) is 0 Å². The third-order valence-electron chi connectivity index (χ3n) is 4.91. The monoisotopic (exact) mass is 262 g/mol. The molecule has 1 rings (SSSR count). The molecule has 0 aliphatic heterocycles. The molecule has 0 heteroatoms. The zero-order chi connectivity index (χ0) is 14.3. The minimum absolute atomic E-state index is 0.682. The van der Waals surface area contributed by atoms with Gasteiger partial charge in [-0.1, -0.05) is 84.6 Å². The first-order valence-electron chi connectivity index (χ1n) is 8.39. The summed E-state index contributed by atoms with van der Waals surface area (Å²) in [6, 6.07) is 0. The third kappa shape index (κ3) is 5.97. The van der Waals surface area contributed by atoms with Crippen molar-refractivity contribution >= 4 is 0 Å². The van der Waals surface area contributed by atoms with Crippen LogP contribution in [-0.2, 0) is 0 Å². The number of allylic oxidation sites excluding steroid dienone is 4. The van der Waals surface area contributed by atoms with Crippen LogP contribution < -0.4 is 0 Å². The van der Waals surface area contributed by atoms with E-state index in [0.717, 1.165) is 23.7 Å². The summed E-state index contributed by atoms with van der Waals surface area (Å²) < 4.78 is 0. The van der Waals surface area contributed by atoms with Crippen molar-refractivity contribution in [2.75, 3.05) is 0 Å². The standard InChI is InChI=1S/C19H34/c1-6-15(2)9-7-10-16(3)13-14-19-17(4)11-8-12-18(19)5/h7,9,13-19H,6,8,10-12H2,1-5H3/b9-7+,14-13+. The lowest BCUT2D eigenvalue weighted by atomic mass is 9.73. The van der Waals surface area contributed by atoms with E-state index in [-0.39, 0.29) is 0 Å². The van der Waals surface area contributed by atoms with Gasteiger partial charge in [-0.2, -0.15) is 0 Å². The van der Waals surface area contributed by atoms with E-state index < -0.39 is 0 Å². The van der Waals surface area contributed by atoms with Crippen LogP contribution >= 0.6 is 0 Å². The van der Waals surface area contributed by atoms with E-state index >= 15 is 0 Å². The zero-order valence-electron chi connectivity index (χ0n) is 13.7. The molecule has 0 nitrogen and oxygen atoms in total. The number of hydrogen-bond acceptors (Lipinski definition) is 0. The second-order valence-electron chi connectivity index (χ2n) is 6.87. The molecule has 0 spiro atoms. The van der Waals surface area contributed by atoms with Crippen molar-refractivity contribution < 1.29 is 0 Å². The molecule has 110 valence electrons. The summed E-state index contributed by atoms with van der Waals surface area (Å²) >= 11 is 0. The molecular formula is C19H34. The van der Waals surface area contributed by atoms with Gasteiger partial charge in [0.05, 0.1) is 0 Å². The molecule has 4 unspecified atom stereocenters. The molecule has 1 fully saturated rings.